The monoisotopic (exact) mass is 315 g/mol. The SMILES string of the molecule is CCN(CC1CCC1)S(=O)(=O)c1cc(CO)cc(F)c1C. The van der Waals surface area contributed by atoms with Crippen LogP contribution in [0.25, 0.3) is 0 Å². The van der Waals surface area contributed by atoms with Crippen molar-refractivity contribution < 1.29 is 17.9 Å². The molecule has 118 valence electrons. The number of halogens is 1. The Morgan fingerprint density at radius 3 is 2.52 bits per heavy atom. The lowest BCUT2D eigenvalue weighted by Crippen LogP contribution is -2.37. The number of hydrogen-bond donors (Lipinski definition) is 1. The smallest absolute Gasteiger partial charge is 0.243 e. The molecule has 1 saturated carbocycles. The average Bonchev–Trinajstić information content (AvgIpc) is 2.40. The quantitative estimate of drug-likeness (QED) is 0.877. The van der Waals surface area contributed by atoms with Crippen LogP contribution in [0, 0.1) is 18.7 Å². The van der Waals surface area contributed by atoms with Crippen molar-refractivity contribution in [3.05, 3.63) is 29.1 Å². The van der Waals surface area contributed by atoms with E-state index >= 15 is 0 Å². The summed E-state index contributed by atoms with van der Waals surface area (Å²) >= 11 is 0. The minimum atomic E-state index is -3.73. The van der Waals surface area contributed by atoms with Gasteiger partial charge in [-0.05, 0) is 43.4 Å². The number of aliphatic hydroxyl groups is 1. The van der Waals surface area contributed by atoms with Crippen molar-refractivity contribution in [3.8, 4) is 0 Å². The molecule has 0 atom stereocenters. The third-order valence-corrected chi connectivity index (χ3v) is 6.26. The molecule has 21 heavy (non-hydrogen) atoms. The topological polar surface area (TPSA) is 57.6 Å². The molecule has 0 radical (unpaired) electrons. The van der Waals surface area contributed by atoms with Crippen LogP contribution in [0.5, 0.6) is 0 Å². The summed E-state index contributed by atoms with van der Waals surface area (Å²) in [5, 5.41) is 9.16. The van der Waals surface area contributed by atoms with Crippen molar-refractivity contribution >= 4 is 10.0 Å². The molecule has 0 saturated heterocycles. The molecule has 1 aromatic rings. The van der Waals surface area contributed by atoms with Crippen molar-refractivity contribution in [1.29, 1.82) is 0 Å². The second-order valence-corrected chi connectivity index (χ2v) is 7.52. The molecule has 6 heteroatoms. The lowest BCUT2D eigenvalue weighted by molar-refractivity contribution is 0.249. The van der Waals surface area contributed by atoms with E-state index in [-0.39, 0.29) is 22.6 Å². The first-order chi connectivity index (χ1) is 9.90. The van der Waals surface area contributed by atoms with E-state index in [2.05, 4.69) is 0 Å². The van der Waals surface area contributed by atoms with E-state index < -0.39 is 15.8 Å². The van der Waals surface area contributed by atoms with Crippen LogP contribution in [0.1, 0.15) is 37.3 Å². The maximum absolute atomic E-state index is 13.9. The van der Waals surface area contributed by atoms with Gasteiger partial charge < -0.3 is 5.11 Å². The fourth-order valence-corrected chi connectivity index (χ4v) is 4.38. The summed E-state index contributed by atoms with van der Waals surface area (Å²) in [6.07, 6.45) is 3.25. The minimum absolute atomic E-state index is 0.0345. The first-order valence-corrected chi connectivity index (χ1v) is 8.74. The number of rotatable bonds is 6. The molecular formula is C15H22FNO3S. The molecule has 1 aliphatic carbocycles. The van der Waals surface area contributed by atoms with E-state index in [0.29, 0.717) is 19.0 Å². The summed E-state index contributed by atoms with van der Waals surface area (Å²) in [6, 6.07) is 2.55. The van der Waals surface area contributed by atoms with Crippen LogP contribution in [-0.2, 0) is 16.6 Å². The highest BCUT2D eigenvalue weighted by molar-refractivity contribution is 7.89. The molecule has 0 heterocycles. The Hall–Kier alpha value is -0.980. The van der Waals surface area contributed by atoms with Crippen LogP contribution in [0.3, 0.4) is 0 Å². The van der Waals surface area contributed by atoms with Crippen LogP contribution in [0.15, 0.2) is 17.0 Å². The van der Waals surface area contributed by atoms with Crippen LogP contribution in [-0.4, -0.2) is 30.9 Å². The summed E-state index contributed by atoms with van der Waals surface area (Å²) in [5.74, 6) is -0.189. The van der Waals surface area contributed by atoms with Crippen molar-refractivity contribution in [2.24, 2.45) is 5.92 Å². The average molecular weight is 315 g/mol. The molecule has 1 aliphatic rings. The predicted octanol–water partition coefficient (Wildman–Crippen LogP) is 2.44. The number of benzene rings is 1. The minimum Gasteiger partial charge on any atom is -0.392 e. The molecule has 4 nitrogen and oxygen atoms in total. The van der Waals surface area contributed by atoms with E-state index in [9.17, 15) is 12.8 Å². The summed E-state index contributed by atoms with van der Waals surface area (Å²) in [6.45, 7) is 3.72. The normalized spacial score (nSPS) is 16.2. The van der Waals surface area contributed by atoms with Crippen LogP contribution >= 0.6 is 0 Å². The van der Waals surface area contributed by atoms with E-state index in [1.807, 2.05) is 0 Å². The van der Waals surface area contributed by atoms with Crippen LogP contribution < -0.4 is 0 Å². The van der Waals surface area contributed by atoms with E-state index in [0.717, 1.165) is 19.3 Å². The van der Waals surface area contributed by atoms with Gasteiger partial charge in [0.15, 0.2) is 0 Å². The Bertz CT molecular complexity index is 612. The van der Waals surface area contributed by atoms with Crippen molar-refractivity contribution in [2.75, 3.05) is 13.1 Å². The second-order valence-electron chi connectivity index (χ2n) is 5.61. The first kappa shape index (κ1) is 16.4. The summed E-state index contributed by atoms with van der Waals surface area (Å²) < 4.78 is 40.8. The number of sulfonamides is 1. The van der Waals surface area contributed by atoms with Gasteiger partial charge in [-0.25, -0.2) is 12.8 Å². The Morgan fingerprint density at radius 2 is 2.05 bits per heavy atom. The molecule has 0 aliphatic heterocycles. The standard InChI is InChI=1S/C15H22FNO3S/c1-3-17(9-12-5-4-6-12)21(19,20)15-8-13(10-18)7-14(16)11(15)2/h7-8,12,18H,3-6,9-10H2,1-2H3. The van der Waals surface area contributed by atoms with Gasteiger partial charge in [-0.3, -0.25) is 0 Å². The zero-order valence-electron chi connectivity index (χ0n) is 12.5. The fourth-order valence-electron chi connectivity index (χ4n) is 2.57. The van der Waals surface area contributed by atoms with E-state index in [4.69, 9.17) is 5.11 Å². The van der Waals surface area contributed by atoms with Gasteiger partial charge >= 0.3 is 0 Å². The number of nitrogens with zero attached hydrogens (tertiary/aromatic N) is 1. The van der Waals surface area contributed by atoms with Gasteiger partial charge in [0.1, 0.15) is 5.82 Å². The zero-order chi connectivity index (χ0) is 15.6. The third-order valence-electron chi connectivity index (χ3n) is 4.20. The first-order valence-electron chi connectivity index (χ1n) is 7.30. The van der Waals surface area contributed by atoms with Gasteiger partial charge in [0.25, 0.3) is 0 Å². The fraction of sp³-hybridized carbons (Fsp3) is 0.600. The lowest BCUT2D eigenvalue weighted by atomic mass is 9.85. The molecule has 0 unspecified atom stereocenters. The maximum atomic E-state index is 13.9. The highest BCUT2D eigenvalue weighted by atomic mass is 32.2. The highest BCUT2D eigenvalue weighted by Gasteiger charge is 2.30. The molecule has 0 aromatic heterocycles. The number of hydrogen-bond acceptors (Lipinski definition) is 3. The van der Waals surface area contributed by atoms with E-state index in [1.165, 1.54) is 23.4 Å². The van der Waals surface area contributed by atoms with Crippen molar-refractivity contribution in [1.82, 2.24) is 4.31 Å². The van der Waals surface area contributed by atoms with Gasteiger partial charge in [0.2, 0.25) is 10.0 Å². The van der Waals surface area contributed by atoms with Gasteiger partial charge in [-0.2, -0.15) is 4.31 Å². The van der Waals surface area contributed by atoms with Crippen LogP contribution in [0.2, 0.25) is 0 Å². The van der Waals surface area contributed by atoms with Crippen molar-refractivity contribution in [3.63, 3.8) is 0 Å². The molecular weight excluding hydrogens is 293 g/mol. The van der Waals surface area contributed by atoms with Crippen molar-refractivity contribution in [2.45, 2.75) is 44.6 Å². The number of aliphatic hydroxyl groups excluding tert-OH is 1. The zero-order valence-corrected chi connectivity index (χ0v) is 13.3. The highest BCUT2D eigenvalue weighted by Crippen LogP contribution is 2.30. The molecule has 1 N–H and O–H groups in total. The van der Waals surface area contributed by atoms with Crippen LogP contribution in [0.4, 0.5) is 4.39 Å². The van der Waals surface area contributed by atoms with Gasteiger partial charge in [0.05, 0.1) is 11.5 Å². The Kier molecular flexibility index (Phi) is 5.01. The lowest BCUT2D eigenvalue weighted by Gasteiger charge is -2.31. The largest absolute Gasteiger partial charge is 0.392 e. The molecule has 0 bridgehead atoms. The van der Waals surface area contributed by atoms with Gasteiger partial charge in [0, 0.05) is 18.7 Å². The Balaban J connectivity index is 2.39. The van der Waals surface area contributed by atoms with Gasteiger partial charge in [-0.15, -0.1) is 0 Å². The molecule has 2 rings (SSSR count). The molecule has 0 amide bonds. The Labute approximate surface area is 125 Å². The Morgan fingerprint density at radius 1 is 1.38 bits per heavy atom. The molecule has 1 fully saturated rings. The summed E-state index contributed by atoms with van der Waals surface area (Å²) in [4.78, 5) is -0.0345. The second kappa shape index (κ2) is 6.42. The van der Waals surface area contributed by atoms with E-state index in [1.54, 1.807) is 6.92 Å². The maximum Gasteiger partial charge on any atom is 0.243 e. The van der Waals surface area contributed by atoms with Gasteiger partial charge in [-0.1, -0.05) is 13.3 Å². The summed E-state index contributed by atoms with van der Waals surface area (Å²) in [7, 11) is -3.73. The third kappa shape index (κ3) is 3.27. The predicted molar refractivity (Wildman–Crippen MR) is 78.8 cm³/mol. The molecule has 0 spiro atoms. The molecule has 1 aromatic carbocycles. The summed E-state index contributed by atoms with van der Waals surface area (Å²) in [5.41, 5.74) is 0.385.